The molecule has 4 rings (SSSR count). The van der Waals surface area contributed by atoms with Gasteiger partial charge in [-0.25, -0.2) is 4.98 Å². The van der Waals surface area contributed by atoms with E-state index in [0.717, 1.165) is 16.2 Å². The molecular formula is C21H22N4O3. The number of imidazole rings is 1. The summed E-state index contributed by atoms with van der Waals surface area (Å²) in [6.45, 7) is 1.66. The van der Waals surface area contributed by atoms with Crippen LogP contribution >= 0.6 is 0 Å². The highest BCUT2D eigenvalue weighted by Crippen LogP contribution is 2.34. The Hall–Kier alpha value is -3.22. The summed E-state index contributed by atoms with van der Waals surface area (Å²) in [6.07, 6.45) is 10.3. The molecule has 0 saturated carbocycles. The van der Waals surface area contributed by atoms with Crippen molar-refractivity contribution in [2.75, 3.05) is 6.54 Å². The Kier molecular flexibility index (Phi) is 4.81. The highest BCUT2D eigenvalue weighted by molar-refractivity contribution is 6.07. The van der Waals surface area contributed by atoms with Gasteiger partial charge in [0.15, 0.2) is 0 Å². The minimum atomic E-state index is -0.334. The van der Waals surface area contributed by atoms with Crippen molar-refractivity contribution in [3.05, 3.63) is 60.7 Å². The zero-order valence-corrected chi connectivity index (χ0v) is 15.6. The van der Waals surface area contributed by atoms with Crippen LogP contribution in [0.25, 0.3) is 5.69 Å². The number of allylic oxidation sites excluding steroid dienone is 2. The van der Waals surface area contributed by atoms with Crippen molar-refractivity contribution in [2.45, 2.75) is 25.8 Å². The molecule has 1 saturated heterocycles. The number of fused-ring (bicyclic) bond motifs is 1. The smallest absolute Gasteiger partial charge is 0.240 e. The molecule has 0 bridgehead atoms. The van der Waals surface area contributed by atoms with Crippen molar-refractivity contribution < 1.29 is 14.4 Å². The Morgan fingerprint density at radius 1 is 1.14 bits per heavy atom. The number of likely N-dealkylation sites (tertiary alicyclic amines) is 1. The molecule has 144 valence electrons. The van der Waals surface area contributed by atoms with E-state index < -0.39 is 0 Å². The van der Waals surface area contributed by atoms with Crippen LogP contribution in [0, 0.1) is 11.8 Å². The van der Waals surface area contributed by atoms with Crippen molar-refractivity contribution in [3.63, 3.8) is 0 Å². The molecule has 2 heterocycles. The number of aromatic nitrogens is 2. The summed E-state index contributed by atoms with van der Waals surface area (Å²) in [6, 6.07) is 7.54. The summed E-state index contributed by atoms with van der Waals surface area (Å²) >= 11 is 0. The molecule has 1 aromatic carbocycles. The van der Waals surface area contributed by atoms with Gasteiger partial charge in [0.25, 0.3) is 0 Å². The Balaban J connectivity index is 1.37. The van der Waals surface area contributed by atoms with Crippen LogP contribution in [0.15, 0.2) is 55.1 Å². The first kappa shape index (κ1) is 18.2. The SMILES string of the molecule is C[C@H](NC(=O)CN1C(=O)[C@@H]2CC=CC[C@H]2C1=O)c1ccc(-n2ccnc2)cc1. The second-order valence-electron chi connectivity index (χ2n) is 7.27. The minimum absolute atomic E-state index is 0.220. The zero-order chi connectivity index (χ0) is 19.7. The van der Waals surface area contributed by atoms with E-state index in [2.05, 4.69) is 10.3 Å². The summed E-state index contributed by atoms with van der Waals surface area (Å²) < 4.78 is 1.89. The molecular weight excluding hydrogens is 356 g/mol. The Labute approximate surface area is 163 Å². The molecule has 0 unspecified atom stereocenters. The molecule has 1 aliphatic heterocycles. The average molecular weight is 378 g/mol. The van der Waals surface area contributed by atoms with E-state index in [1.165, 1.54) is 0 Å². The number of hydrogen-bond donors (Lipinski definition) is 1. The van der Waals surface area contributed by atoms with Gasteiger partial charge in [-0.2, -0.15) is 0 Å². The van der Waals surface area contributed by atoms with Gasteiger partial charge < -0.3 is 9.88 Å². The molecule has 28 heavy (non-hydrogen) atoms. The van der Waals surface area contributed by atoms with Crippen molar-refractivity contribution in [1.82, 2.24) is 19.8 Å². The van der Waals surface area contributed by atoms with Crippen molar-refractivity contribution in [2.24, 2.45) is 11.8 Å². The van der Waals surface area contributed by atoms with Gasteiger partial charge in [-0.05, 0) is 37.5 Å². The molecule has 3 atom stereocenters. The Morgan fingerprint density at radius 3 is 2.36 bits per heavy atom. The first-order valence-corrected chi connectivity index (χ1v) is 9.42. The third-order valence-corrected chi connectivity index (χ3v) is 5.47. The van der Waals surface area contributed by atoms with Gasteiger partial charge in [-0.3, -0.25) is 19.3 Å². The molecule has 0 radical (unpaired) electrons. The van der Waals surface area contributed by atoms with Gasteiger partial charge in [0.05, 0.1) is 24.2 Å². The predicted octanol–water partition coefficient (Wildman–Crippen LogP) is 2.00. The number of carbonyl (C=O) groups is 3. The fourth-order valence-corrected chi connectivity index (χ4v) is 3.89. The maximum Gasteiger partial charge on any atom is 0.240 e. The van der Waals surface area contributed by atoms with Crippen LogP contribution in [0.3, 0.4) is 0 Å². The molecule has 1 N–H and O–H groups in total. The van der Waals surface area contributed by atoms with E-state index in [1.54, 1.807) is 12.5 Å². The van der Waals surface area contributed by atoms with Gasteiger partial charge in [0.1, 0.15) is 6.54 Å². The lowest BCUT2D eigenvalue weighted by molar-refractivity contribution is -0.143. The molecule has 2 aliphatic rings. The molecule has 0 spiro atoms. The summed E-state index contributed by atoms with van der Waals surface area (Å²) in [5.74, 6) is -1.41. The van der Waals surface area contributed by atoms with Crippen LogP contribution in [0.4, 0.5) is 0 Å². The van der Waals surface area contributed by atoms with Gasteiger partial charge in [0, 0.05) is 18.1 Å². The van der Waals surface area contributed by atoms with Gasteiger partial charge in [-0.15, -0.1) is 0 Å². The van der Waals surface area contributed by atoms with E-state index in [-0.39, 0.29) is 42.1 Å². The number of nitrogens with one attached hydrogen (secondary N) is 1. The Bertz CT molecular complexity index is 892. The lowest BCUT2D eigenvalue weighted by Crippen LogP contribution is -2.41. The zero-order valence-electron chi connectivity index (χ0n) is 15.6. The highest BCUT2D eigenvalue weighted by atomic mass is 16.2. The maximum atomic E-state index is 12.5. The van der Waals surface area contributed by atoms with Crippen LogP contribution in [0.1, 0.15) is 31.4 Å². The van der Waals surface area contributed by atoms with E-state index in [9.17, 15) is 14.4 Å². The second kappa shape index (κ2) is 7.42. The normalized spacial score (nSPS) is 22.2. The fraction of sp³-hybridized carbons (Fsp3) is 0.333. The van der Waals surface area contributed by atoms with E-state index in [1.807, 2.05) is 54.1 Å². The monoisotopic (exact) mass is 378 g/mol. The number of hydrogen-bond acceptors (Lipinski definition) is 4. The Morgan fingerprint density at radius 2 is 1.79 bits per heavy atom. The second-order valence-corrected chi connectivity index (χ2v) is 7.27. The largest absolute Gasteiger partial charge is 0.348 e. The fourth-order valence-electron chi connectivity index (χ4n) is 3.89. The number of imide groups is 1. The van der Waals surface area contributed by atoms with Crippen molar-refractivity contribution >= 4 is 17.7 Å². The third-order valence-electron chi connectivity index (χ3n) is 5.47. The topological polar surface area (TPSA) is 84.3 Å². The lowest BCUT2D eigenvalue weighted by atomic mass is 9.85. The number of rotatable bonds is 5. The quantitative estimate of drug-likeness (QED) is 0.637. The van der Waals surface area contributed by atoms with Crippen LogP contribution in [-0.4, -0.2) is 38.7 Å². The third kappa shape index (κ3) is 3.35. The predicted molar refractivity (Wildman–Crippen MR) is 102 cm³/mol. The molecule has 2 aromatic rings. The van der Waals surface area contributed by atoms with E-state index >= 15 is 0 Å². The summed E-state index contributed by atoms with van der Waals surface area (Å²) in [5, 5.41) is 2.88. The van der Waals surface area contributed by atoms with Gasteiger partial charge in [-0.1, -0.05) is 24.3 Å². The van der Waals surface area contributed by atoms with Gasteiger partial charge in [0.2, 0.25) is 17.7 Å². The van der Waals surface area contributed by atoms with Crippen LogP contribution in [0.5, 0.6) is 0 Å². The van der Waals surface area contributed by atoms with Crippen molar-refractivity contribution in [1.29, 1.82) is 0 Å². The molecule has 1 aromatic heterocycles. The summed E-state index contributed by atoms with van der Waals surface area (Å²) in [7, 11) is 0. The molecule has 3 amide bonds. The maximum absolute atomic E-state index is 12.5. The standard InChI is InChI=1S/C21H22N4O3/c1-14(15-6-8-16(9-7-15)24-11-10-22-13-24)23-19(26)12-25-20(27)17-4-2-3-5-18(17)21(25)28/h2-3,6-11,13-14,17-18H,4-5,12H2,1H3,(H,23,26)/t14-,17+,18+/m0/s1. The molecule has 1 fully saturated rings. The molecule has 7 nitrogen and oxygen atoms in total. The van der Waals surface area contributed by atoms with E-state index in [4.69, 9.17) is 0 Å². The number of amides is 3. The number of benzene rings is 1. The van der Waals surface area contributed by atoms with Crippen LogP contribution < -0.4 is 5.32 Å². The number of nitrogens with zero attached hydrogens (tertiary/aromatic N) is 3. The summed E-state index contributed by atoms with van der Waals surface area (Å²) in [4.78, 5) is 42.5. The molecule has 7 heteroatoms. The summed E-state index contributed by atoms with van der Waals surface area (Å²) in [5.41, 5.74) is 1.92. The lowest BCUT2D eigenvalue weighted by Gasteiger charge is -2.18. The number of carbonyl (C=O) groups excluding carboxylic acids is 3. The van der Waals surface area contributed by atoms with Gasteiger partial charge >= 0.3 is 0 Å². The van der Waals surface area contributed by atoms with Crippen LogP contribution in [0.2, 0.25) is 0 Å². The average Bonchev–Trinajstić information content (AvgIpc) is 3.32. The van der Waals surface area contributed by atoms with Crippen molar-refractivity contribution in [3.8, 4) is 5.69 Å². The first-order chi connectivity index (χ1) is 13.5. The minimum Gasteiger partial charge on any atom is -0.348 e. The van der Waals surface area contributed by atoms with Crippen LogP contribution in [-0.2, 0) is 14.4 Å². The first-order valence-electron chi connectivity index (χ1n) is 9.42. The van der Waals surface area contributed by atoms with E-state index in [0.29, 0.717) is 12.8 Å². The highest BCUT2D eigenvalue weighted by Gasteiger charge is 2.47. The molecule has 1 aliphatic carbocycles.